The van der Waals surface area contributed by atoms with Gasteiger partial charge in [0.15, 0.2) is 0 Å². The van der Waals surface area contributed by atoms with Crippen molar-refractivity contribution in [1.29, 1.82) is 0 Å². The summed E-state index contributed by atoms with van der Waals surface area (Å²) in [6, 6.07) is 0. The van der Waals surface area contributed by atoms with Gasteiger partial charge in [-0.25, -0.2) is 0 Å². The van der Waals surface area contributed by atoms with E-state index in [1.54, 1.807) is 0 Å². The van der Waals surface area contributed by atoms with Crippen LogP contribution in [0.4, 0.5) is 39.5 Å². The first-order valence-corrected chi connectivity index (χ1v) is 2.90. The zero-order valence-corrected chi connectivity index (χ0v) is 6.31. The van der Waals surface area contributed by atoms with Gasteiger partial charge < -0.3 is 0 Å². The van der Waals surface area contributed by atoms with Gasteiger partial charge in [0.2, 0.25) is 6.29 Å². The molecule has 0 fully saturated rings. The number of hydrogen-bond acceptors (Lipinski definition) is 1. The average molecular weight is 247 g/mol. The van der Waals surface area contributed by atoms with Gasteiger partial charge in [-0.05, 0) is 0 Å². The van der Waals surface area contributed by atoms with Crippen LogP contribution in [0.15, 0.2) is 0 Å². The van der Waals surface area contributed by atoms with E-state index in [0.717, 1.165) is 0 Å². The Morgan fingerprint density at radius 3 is 0.800 bits per heavy atom. The Bertz CT molecular complexity index is 207. The number of rotatable bonds is 1. The lowest BCUT2D eigenvalue weighted by molar-refractivity contribution is -0.396. The minimum atomic E-state index is -6.84. The number of hydrogen-bond donors (Lipinski definition) is 0. The molecule has 89 valence electrons. The van der Waals surface area contributed by atoms with Crippen molar-refractivity contribution in [1.82, 2.24) is 0 Å². The van der Waals surface area contributed by atoms with E-state index in [9.17, 15) is 44.3 Å². The standard InChI is InChI=1S/C5F9O/c6-3(7,8)2(1-15,4(9,10)11)5(12,13)14. The van der Waals surface area contributed by atoms with E-state index in [1.807, 2.05) is 0 Å². The molecule has 0 aliphatic heterocycles. The van der Waals surface area contributed by atoms with Crippen molar-refractivity contribution in [3.8, 4) is 0 Å². The van der Waals surface area contributed by atoms with Crippen molar-refractivity contribution in [3.05, 3.63) is 0 Å². The molecule has 1 nitrogen and oxygen atoms in total. The summed E-state index contributed by atoms with van der Waals surface area (Å²) in [5.41, 5.74) is -6.45. The molecule has 0 saturated heterocycles. The van der Waals surface area contributed by atoms with E-state index in [0.29, 0.717) is 0 Å². The highest BCUT2D eigenvalue weighted by Crippen LogP contribution is 2.57. The zero-order chi connectivity index (χ0) is 12.7. The summed E-state index contributed by atoms with van der Waals surface area (Å²) >= 11 is 0. The molecule has 0 aromatic carbocycles. The molecule has 0 unspecified atom stereocenters. The molecular formula is C5F9O. The molecule has 0 rings (SSSR count). The van der Waals surface area contributed by atoms with Crippen molar-refractivity contribution in [2.45, 2.75) is 18.5 Å². The number of halogens is 9. The summed E-state index contributed by atoms with van der Waals surface area (Å²) in [5.74, 6) is 0. The van der Waals surface area contributed by atoms with E-state index in [1.165, 1.54) is 0 Å². The van der Waals surface area contributed by atoms with Gasteiger partial charge in [-0.15, -0.1) is 0 Å². The predicted octanol–water partition coefficient (Wildman–Crippen LogP) is 2.77. The summed E-state index contributed by atoms with van der Waals surface area (Å²) in [4.78, 5) is 9.48. The van der Waals surface area contributed by atoms with Crippen LogP contribution in [0.1, 0.15) is 0 Å². The molecule has 0 amide bonds. The van der Waals surface area contributed by atoms with E-state index >= 15 is 0 Å². The van der Waals surface area contributed by atoms with Gasteiger partial charge in [0, 0.05) is 0 Å². The van der Waals surface area contributed by atoms with Gasteiger partial charge in [-0.1, -0.05) is 0 Å². The topological polar surface area (TPSA) is 17.1 Å². The fourth-order valence-electron chi connectivity index (χ4n) is 0.656. The van der Waals surface area contributed by atoms with Gasteiger partial charge in [0.25, 0.3) is 0 Å². The van der Waals surface area contributed by atoms with Gasteiger partial charge >= 0.3 is 23.9 Å². The first-order chi connectivity index (χ1) is 6.31. The Morgan fingerprint density at radius 1 is 0.600 bits per heavy atom. The molecule has 0 aromatic rings. The fourth-order valence-corrected chi connectivity index (χ4v) is 0.656. The molecule has 0 spiro atoms. The summed E-state index contributed by atoms with van der Waals surface area (Å²) in [7, 11) is 0. The van der Waals surface area contributed by atoms with Gasteiger partial charge in [0.05, 0.1) is 0 Å². The maximum Gasteiger partial charge on any atom is 0.419 e. The van der Waals surface area contributed by atoms with Crippen LogP contribution in [0.3, 0.4) is 0 Å². The average Bonchev–Trinajstić information content (AvgIpc) is 1.76. The Morgan fingerprint density at radius 2 is 0.800 bits per heavy atom. The Hall–Kier alpha value is -0.960. The zero-order valence-electron chi connectivity index (χ0n) is 6.31. The second-order valence-corrected chi connectivity index (χ2v) is 2.35. The van der Waals surface area contributed by atoms with E-state index < -0.39 is 30.2 Å². The van der Waals surface area contributed by atoms with Crippen molar-refractivity contribution >= 4 is 6.29 Å². The van der Waals surface area contributed by atoms with Crippen LogP contribution >= 0.6 is 0 Å². The Balaban J connectivity index is 5.89. The van der Waals surface area contributed by atoms with Crippen LogP contribution in [-0.2, 0) is 4.79 Å². The molecule has 0 aliphatic rings. The van der Waals surface area contributed by atoms with Crippen LogP contribution < -0.4 is 0 Å². The smallest absolute Gasteiger partial charge is 0.289 e. The second kappa shape index (κ2) is 3.27. The van der Waals surface area contributed by atoms with E-state index in [-0.39, 0.29) is 0 Å². The monoisotopic (exact) mass is 247 g/mol. The maximum absolute atomic E-state index is 11.7. The summed E-state index contributed by atoms with van der Waals surface area (Å²) in [5, 5.41) is 0. The lowest BCUT2D eigenvalue weighted by Crippen LogP contribution is -2.60. The van der Waals surface area contributed by atoms with Crippen molar-refractivity contribution < 1.29 is 44.3 Å². The molecule has 0 heterocycles. The fraction of sp³-hybridized carbons (Fsp3) is 0.800. The molecule has 0 aliphatic carbocycles. The van der Waals surface area contributed by atoms with Crippen LogP contribution in [0.5, 0.6) is 0 Å². The molecule has 1 radical (unpaired) electrons. The van der Waals surface area contributed by atoms with Crippen LogP contribution in [0.25, 0.3) is 0 Å². The third kappa shape index (κ3) is 1.88. The quantitative estimate of drug-likeness (QED) is 0.651. The van der Waals surface area contributed by atoms with Crippen molar-refractivity contribution in [2.24, 2.45) is 5.41 Å². The highest BCUT2D eigenvalue weighted by atomic mass is 19.4. The summed E-state index contributed by atoms with van der Waals surface area (Å²) in [6.45, 7) is 0. The Labute approximate surface area is 75.9 Å². The highest BCUT2D eigenvalue weighted by molar-refractivity contribution is 5.64. The van der Waals surface area contributed by atoms with Crippen molar-refractivity contribution in [2.75, 3.05) is 0 Å². The van der Waals surface area contributed by atoms with Gasteiger partial charge in [0.1, 0.15) is 0 Å². The molecule has 10 heteroatoms. The molecule has 0 saturated carbocycles. The molecular weight excluding hydrogens is 247 g/mol. The Kier molecular flexibility index (Phi) is 3.06. The minimum Gasteiger partial charge on any atom is -0.289 e. The molecule has 15 heavy (non-hydrogen) atoms. The first-order valence-electron chi connectivity index (χ1n) is 2.90. The van der Waals surface area contributed by atoms with Crippen LogP contribution in [0, 0.1) is 5.41 Å². The lowest BCUT2D eigenvalue weighted by Gasteiger charge is -2.32. The normalized spacial score (nSPS) is 15.3. The maximum atomic E-state index is 11.7. The van der Waals surface area contributed by atoms with E-state index in [2.05, 4.69) is 0 Å². The first kappa shape index (κ1) is 14.0. The summed E-state index contributed by atoms with van der Waals surface area (Å²) in [6.07, 6.45) is -21.5. The SMILES string of the molecule is O=[C]C(C(F)(F)F)(C(F)(F)F)C(F)(F)F. The molecule has 0 bridgehead atoms. The second-order valence-electron chi connectivity index (χ2n) is 2.35. The van der Waals surface area contributed by atoms with Crippen LogP contribution in [-0.4, -0.2) is 24.8 Å². The highest BCUT2D eigenvalue weighted by Gasteiger charge is 2.85. The lowest BCUT2D eigenvalue weighted by atomic mass is 9.87. The molecule has 0 aromatic heterocycles. The van der Waals surface area contributed by atoms with Gasteiger partial charge in [-0.3, -0.25) is 4.79 Å². The van der Waals surface area contributed by atoms with Crippen LogP contribution in [0.2, 0.25) is 0 Å². The minimum absolute atomic E-state index is 0.990. The summed E-state index contributed by atoms with van der Waals surface area (Å²) < 4.78 is 105. The third-order valence-electron chi connectivity index (χ3n) is 1.43. The predicted molar refractivity (Wildman–Crippen MR) is 26.3 cm³/mol. The van der Waals surface area contributed by atoms with Crippen molar-refractivity contribution in [3.63, 3.8) is 0 Å². The number of carbonyl (C=O) groups excluding carboxylic acids is 1. The third-order valence-corrected chi connectivity index (χ3v) is 1.43. The van der Waals surface area contributed by atoms with E-state index in [4.69, 9.17) is 0 Å². The molecule has 0 N–H and O–H groups in total. The number of alkyl halides is 9. The largest absolute Gasteiger partial charge is 0.419 e. The van der Waals surface area contributed by atoms with Gasteiger partial charge in [-0.2, -0.15) is 39.5 Å². The molecule has 0 atom stereocenters.